The van der Waals surface area contributed by atoms with E-state index < -0.39 is 0 Å². The first kappa shape index (κ1) is 17.5. The molecular weight excluding hydrogens is 330 g/mol. The Balaban J connectivity index is 1.89. The van der Waals surface area contributed by atoms with Crippen molar-refractivity contribution in [1.82, 2.24) is 9.78 Å². The van der Waals surface area contributed by atoms with Gasteiger partial charge < -0.3 is 14.8 Å². The molecule has 26 heavy (non-hydrogen) atoms. The summed E-state index contributed by atoms with van der Waals surface area (Å²) >= 11 is 0. The number of para-hydroxylation sites is 1. The fourth-order valence-corrected chi connectivity index (χ4v) is 2.77. The Morgan fingerprint density at radius 1 is 1.08 bits per heavy atom. The van der Waals surface area contributed by atoms with Gasteiger partial charge in [-0.15, -0.1) is 0 Å². The molecule has 0 saturated heterocycles. The molecule has 134 valence electrons. The zero-order valence-electron chi connectivity index (χ0n) is 15.2. The largest absolute Gasteiger partial charge is 0.497 e. The van der Waals surface area contributed by atoms with Gasteiger partial charge in [-0.25, -0.2) is 4.68 Å². The second kappa shape index (κ2) is 7.31. The highest BCUT2D eigenvalue weighted by molar-refractivity contribution is 6.05. The Morgan fingerprint density at radius 3 is 2.54 bits per heavy atom. The number of hydrogen-bond acceptors (Lipinski definition) is 4. The maximum Gasteiger partial charge on any atom is 0.259 e. The third kappa shape index (κ3) is 3.26. The van der Waals surface area contributed by atoms with E-state index >= 15 is 0 Å². The number of hydrogen-bond donors (Lipinski definition) is 1. The lowest BCUT2D eigenvalue weighted by Gasteiger charge is -2.12. The van der Waals surface area contributed by atoms with Crippen LogP contribution in [0.1, 0.15) is 21.6 Å². The van der Waals surface area contributed by atoms with Crippen LogP contribution in [-0.2, 0) is 0 Å². The number of aryl methyl sites for hydroxylation is 1. The summed E-state index contributed by atoms with van der Waals surface area (Å²) in [6.07, 6.45) is 1.58. The van der Waals surface area contributed by atoms with Crippen LogP contribution < -0.4 is 14.8 Å². The van der Waals surface area contributed by atoms with E-state index in [1.807, 2.05) is 38.1 Å². The summed E-state index contributed by atoms with van der Waals surface area (Å²) in [6.45, 7) is 3.89. The van der Waals surface area contributed by atoms with Crippen molar-refractivity contribution in [3.05, 3.63) is 65.5 Å². The number of benzene rings is 2. The second-order valence-electron chi connectivity index (χ2n) is 5.86. The van der Waals surface area contributed by atoms with E-state index in [1.54, 1.807) is 43.3 Å². The maximum absolute atomic E-state index is 12.7. The Morgan fingerprint density at radius 2 is 1.85 bits per heavy atom. The first-order valence-electron chi connectivity index (χ1n) is 8.19. The van der Waals surface area contributed by atoms with E-state index in [9.17, 15) is 4.79 Å². The zero-order chi connectivity index (χ0) is 18.7. The van der Waals surface area contributed by atoms with Crippen molar-refractivity contribution >= 4 is 11.6 Å². The Labute approximate surface area is 152 Å². The number of ether oxygens (including phenoxy) is 2. The average Bonchev–Trinajstić information content (AvgIpc) is 3.03. The summed E-state index contributed by atoms with van der Waals surface area (Å²) in [5.41, 5.74) is 3.88. The quantitative estimate of drug-likeness (QED) is 0.760. The van der Waals surface area contributed by atoms with Crippen LogP contribution in [0.25, 0.3) is 5.69 Å². The number of aromatic nitrogens is 2. The number of methoxy groups -OCH3 is 2. The van der Waals surface area contributed by atoms with Gasteiger partial charge >= 0.3 is 0 Å². The molecule has 0 unspecified atom stereocenters. The first-order valence-corrected chi connectivity index (χ1v) is 8.19. The van der Waals surface area contributed by atoms with E-state index in [4.69, 9.17) is 9.47 Å². The second-order valence-corrected chi connectivity index (χ2v) is 5.86. The van der Waals surface area contributed by atoms with E-state index in [1.165, 1.54) is 0 Å². The molecule has 6 nitrogen and oxygen atoms in total. The first-order chi connectivity index (χ1) is 12.5. The lowest BCUT2D eigenvalue weighted by atomic mass is 10.2. The van der Waals surface area contributed by atoms with E-state index in [0.717, 1.165) is 16.9 Å². The van der Waals surface area contributed by atoms with Crippen molar-refractivity contribution < 1.29 is 14.3 Å². The summed E-state index contributed by atoms with van der Waals surface area (Å²) in [4.78, 5) is 12.7. The molecule has 1 heterocycles. The summed E-state index contributed by atoms with van der Waals surface area (Å²) in [6, 6.07) is 13.1. The number of nitrogens with zero attached hydrogens (tertiary/aromatic N) is 2. The number of amides is 1. The van der Waals surface area contributed by atoms with Crippen LogP contribution in [0.3, 0.4) is 0 Å². The lowest BCUT2D eigenvalue weighted by molar-refractivity contribution is 0.102. The van der Waals surface area contributed by atoms with Gasteiger partial charge in [0, 0.05) is 6.07 Å². The normalized spacial score (nSPS) is 10.5. The molecule has 3 rings (SSSR count). The van der Waals surface area contributed by atoms with Crippen molar-refractivity contribution in [3.8, 4) is 17.2 Å². The molecule has 2 aromatic carbocycles. The molecule has 1 N–H and O–H groups in total. The summed E-state index contributed by atoms with van der Waals surface area (Å²) < 4.78 is 12.3. The maximum atomic E-state index is 12.7. The van der Waals surface area contributed by atoms with Crippen molar-refractivity contribution in [2.45, 2.75) is 13.8 Å². The highest BCUT2D eigenvalue weighted by Gasteiger charge is 2.17. The Hall–Kier alpha value is -3.28. The fourth-order valence-electron chi connectivity index (χ4n) is 2.77. The third-order valence-electron chi connectivity index (χ3n) is 4.25. The average molecular weight is 351 g/mol. The molecule has 6 heteroatoms. The summed E-state index contributed by atoms with van der Waals surface area (Å²) in [7, 11) is 3.13. The van der Waals surface area contributed by atoms with Crippen LogP contribution in [0.5, 0.6) is 11.5 Å². The third-order valence-corrected chi connectivity index (χ3v) is 4.25. The topological polar surface area (TPSA) is 65.4 Å². The molecule has 0 saturated carbocycles. The molecule has 1 amide bonds. The van der Waals surface area contributed by atoms with Crippen molar-refractivity contribution in [2.24, 2.45) is 0 Å². The number of anilines is 1. The van der Waals surface area contributed by atoms with E-state index in [2.05, 4.69) is 10.4 Å². The zero-order valence-corrected chi connectivity index (χ0v) is 15.2. The van der Waals surface area contributed by atoms with Gasteiger partial charge in [0.05, 0.1) is 43.0 Å². The number of carbonyl (C=O) groups is 1. The van der Waals surface area contributed by atoms with Crippen molar-refractivity contribution in [3.63, 3.8) is 0 Å². The molecule has 0 bridgehead atoms. The summed E-state index contributed by atoms with van der Waals surface area (Å²) in [5.74, 6) is 0.941. The van der Waals surface area contributed by atoms with Crippen LogP contribution in [0.2, 0.25) is 0 Å². The van der Waals surface area contributed by atoms with Crippen LogP contribution in [-0.4, -0.2) is 29.9 Å². The van der Waals surface area contributed by atoms with Crippen LogP contribution >= 0.6 is 0 Å². The predicted molar refractivity (Wildman–Crippen MR) is 101 cm³/mol. The molecule has 0 aliphatic heterocycles. The molecule has 0 spiro atoms. The van der Waals surface area contributed by atoms with Gasteiger partial charge in [-0.05, 0) is 37.6 Å². The van der Waals surface area contributed by atoms with Gasteiger partial charge in [0.1, 0.15) is 11.5 Å². The molecule has 0 aliphatic rings. The fraction of sp³-hybridized carbons (Fsp3) is 0.200. The van der Waals surface area contributed by atoms with Gasteiger partial charge in [0.25, 0.3) is 5.91 Å². The van der Waals surface area contributed by atoms with Crippen LogP contribution in [0.4, 0.5) is 5.69 Å². The van der Waals surface area contributed by atoms with Gasteiger partial charge in [-0.3, -0.25) is 4.79 Å². The molecule has 0 atom stereocenters. The SMILES string of the molecule is COc1ccc(NC(=O)c2cnn(-c3ccccc3C)c2C)c(OC)c1. The standard InChI is InChI=1S/C20H21N3O3/c1-13-7-5-6-8-18(13)23-14(2)16(12-21-23)20(24)22-17-10-9-15(25-3)11-19(17)26-4/h5-12H,1-4H3,(H,22,24). The molecule has 0 radical (unpaired) electrons. The van der Waals surface area contributed by atoms with E-state index in [0.29, 0.717) is 22.7 Å². The van der Waals surface area contributed by atoms with Gasteiger partial charge in [0.2, 0.25) is 0 Å². The van der Waals surface area contributed by atoms with Crippen LogP contribution in [0.15, 0.2) is 48.7 Å². The number of rotatable bonds is 5. The molecule has 3 aromatic rings. The molecule has 0 aliphatic carbocycles. The minimum absolute atomic E-state index is 0.245. The smallest absolute Gasteiger partial charge is 0.259 e. The molecule has 0 fully saturated rings. The predicted octanol–water partition coefficient (Wildman–Crippen LogP) is 3.76. The number of carbonyl (C=O) groups excluding carboxylic acids is 1. The number of nitrogens with one attached hydrogen (secondary N) is 1. The minimum Gasteiger partial charge on any atom is -0.497 e. The highest BCUT2D eigenvalue weighted by atomic mass is 16.5. The van der Waals surface area contributed by atoms with Crippen molar-refractivity contribution in [2.75, 3.05) is 19.5 Å². The van der Waals surface area contributed by atoms with Crippen LogP contribution in [0, 0.1) is 13.8 Å². The van der Waals surface area contributed by atoms with Gasteiger partial charge in [-0.1, -0.05) is 18.2 Å². The van der Waals surface area contributed by atoms with Crippen molar-refractivity contribution in [1.29, 1.82) is 0 Å². The van der Waals surface area contributed by atoms with E-state index in [-0.39, 0.29) is 5.91 Å². The molecule has 1 aromatic heterocycles. The summed E-state index contributed by atoms with van der Waals surface area (Å²) in [5, 5.41) is 7.26. The Bertz CT molecular complexity index is 947. The van der Waals surface area contributed by atoms with Gasteiger partial charge in [-0.2, -0.15) is 5.10 Å². The molecular formula is C20H21N3O3. The Kier molecular flexibility index (Phi) is 4.93. The highest BCUT2D eigenvalue weighted by Crippen LogP contribution is 2.29. The lowest BCUT2D eigenvalue weighted by Crippen LogP contribution is -2.14. The monoisotopic (exact) mass is 351 g/mol. The van der Waals surface area contributed by atoms with Gasteiger partial charge in [0.15, 0.2) is 0 Å². The minimum atomic E-state index is -0.245.